The van der Waals surface area contributed by atoms with E-state index < -0.39 is 0 Å². The van der Waals surface area contributed by atoms with Crippen LogP contribution in [-0.4, -0.2) is 19.5 Å². The Morgan fingerprint density at radius 3 is 2.55 bits per heavy atom. The van der Waals surface area contributed by atoms with E-state index in [1.165, 1.54) is 0 Å². The number of nitrogens with zero attached hydrogens (tertiary/aromatic N) is 3. The fraction of sp³-hybridized carbons (Fsp3) is 0. The number of imidazole rings is 1. The van der Waals surface area contributed by atoms with Crippen molar-refractivity contribution in [3.8, 4) is 28.6 Å². The highest BCUT2D eigenvalue weighted by Gasteiger charge is 2.15. The second kappa shape index (κ2) is 6.85. The van der Waals surface area contributed by atoms with Gasteiger partial charge in [-0.15, -0.1) is 0 Å². The molecule has 0 atom stereocenters. The number of phenols is 1. The maximum atomic E-state index is 10.6. The van der Waals surface area contributed by atoms with Gasteiger partial charge in [-0.3, -0.25) is 9.38 Å². The summed E-state index contributed by atoms with van der Waals surface area (Å²) in [5.74, 6) is 1.33. The maximum Gasteiger partial charge on any atom is 0.238 e. The maximum absolute atomic E-state index is 10.6. The van der Waals surface area contributed by atoms with E-state index in [0.29, 0.717) is 22.7 Å². The number of pyridine rings is 2. The van der Waals surface area contributed by atoms with E-state index in [9.17, 15) is 5.11 Å². The number of benzene rings is 3. The minimum Gasteiger partial charge on any atom is -0.507 e. The Morgan fingerprint density at radius 2 is 1.65 bits per heavy atom. The van der Waals surface area contributed by atoms with Crippen LogP contribution in [0.5, 0.6) is 17.4 Å². The van der Waals surface area contributed by atoms with Crippen LogP contribution in [0.3, 0.4) is 0 Å². The van der Waals surface area contributed by atoms with Gasteiger partial charge >= 0.3 is 0 Å². The molecule has 1 N–H and O–H groups in total. The van der Waals surface area contributed by atoms with Crippen LogP contribution in [0, 0.1) is 0 Å². The zero-order chi connectivity index (χ0) is 20.8. The number of rotatable bonds is 3. The van der Waals surface area contributed by atoms with Gasteiger partial charge in [-0.25, -0.2) is 0 Å². The fourth-order valence-corrected chi connectivity index (χ4v) is 4.05. The molecule has 0 unspecified atom stereocenters. The Balaban J connectivity index is 1.51. The third-order valence-electron chi connectivity index (χ3n) is 5.42. The van der Waals surface area contributed by atoms with Crippen LogP contribution in [0.4, 0.5) is 0 Å². The molecule has 0 amide bonds. The molecular weight excluding hydrogens is 386 g/mol. The topological polar surface area (TPSA) is 59.7 Å². The Morgan fingerprint density at radius 1 is 0.806 bits per heavy atom. The predicted octanol–water partition coefficient (Wildman–Crippen LogP) is 6.20. The number of ether oxygens (including phenoxy) is 1. The highest BCUT2D eigenvalue weighted by atomic mass is 16.5. The van der Waals surface area contributed by atoms with E-state index in [1.807, 2.05) is 89.5 Å². The lowest BCUT2D eigenvalue weighted by atomic mass is 10.1. The molecule has 5 heteroatoms. The van der Waals surface area contributed by atoms with Crippen molar-refractivity contribution in [2.45, 2.75) is 0 Å². The molecule has 0 saturated heterocycles. The summed E-state index contributed by atoms with van der Waals surface area (Å²) in [5.41, 5.74) is 3.50. The summed E-state index contributed by atoms with van der Waals surface area (Å²) >= 11 is 0. The van der Waals surface area contributed by atoms with Crippen molar-refractivity contribution in [1.82, 2.24) is 14.4 Å². The summed E-state index contributed by atoms with van der Waals surface area (Å²) in [6, 6.07) is 27.2. The summed E-state index contributed by atoms with van der Waals surface area (Å²) in [6.45, 7) is 0. The number of hydrogen-bond acceptors (Lipinski definition) is 4. The number of aromatic hydroxyl groups is 1. The monoisotopic (exact) mass is 403 g/mol. The molecule has 0 aliphatic carbocycles. The molecule has 0 spiro atoms. The van der Waals surface area contributed by atoms with E-state index in [2.05, 4.69) is 4.98 Å². The summed E-state index contributed by atoms with van der Waals surface area (Å²) in [7, 11) is 0. The molecule has 0 saturated carbocycles. The molecule has 0 radical (unpaired) electrons. The van der Waals surface area contributed by atoms with Crippen LogP contribution in [0.25, 0.3) is 38.6 Å². The van der Waals surface area contributed by atoms with Crippen molar-refractivity contribution in [3.63, 3.8) is 0 Å². The normalized spacial score (nSPS) is 11.4. The van der Waals surface area contributed by atoms with Gasteiger partial charge in [0, 0.05) is 17.1 Å². The van der Waals surface area contributed by atoms with Crippen molar-refractivity contribution in [1.29, 1.82) is 0 Å². The zero-order valence-corrected chi connectivity index (χ0v) is 16.4. The highest BCUT2D eigenvalue weighted by Crippen LogP contribution is 2.36. The molecule has 3 aromatic carbocycles. The van der Waals surface area contributed by atoms with Crippen LogP contribution >= 0.6 is 0 Å². The van der Waals surface area contributed by atoms with Crippen molar-refractivity contribution in [2.75, 3.05) is 0 Å². The van der Waals surface area contributed by atoms with Gasteiger partial charge in [0.15, 0.2) is 5.65 Å². The van der Waals surface area contributed by atoms with Crippen LogP contribution in [0.2, 0.25) is 0 Å². The van der Waals surface area contributed by atoms with Crippen LogP contribution in [-0.2, 0) is 0 Å². The number of phenolic OH excluding ortho intramolecular Hbond substituents is 1. The third kappa shape index (κ3) is 2.87. The van der Waals surface area contributed by atoms with Crippen molar-refractivity contribution in [2.24, 2.45) is 0 Å². The molecule has 3 aromatic heterocycles. The molecule has 5 nitrogen and oxygen atoms in total. The molecule has 148 valence electrons. The molecule has 0 aliphatic heterocycles. The molecular formula is C26H17N3O2. The Labute approximate surface area is 177 Å². The van der Waals surface area contributed by atoms with E-state index in [0.717, 1.165) is 27.5 Å². The van der Waals surface area contributed by atoms with Gasteiger partial charge in [-0.05, 0) is 41.8 Å². The van der Waals surface area contributed by atoms with Crippen molar-refractivity contribution < 1.29 is 9.84 Å². The highest BCUT2D eigenvalue weighted by molar-refractivity contribution is 6.14. The minimum absolute atomic E-state index is 0.197. The number of para-hydroxylation sites is 1. The minimum atomic E-state index is 0.197. The lowest BCUT2D eigenvalue weighted by Crippen LogP contribution is -1.90. The van der Waals surface area contributed by atoms with Gasteiger partial charge in [0.1, 0.15) is 11.5 Å². The number of fused-ring (bicyclic) bond motifs is 6. The first kappa shape index (κ1) is 17.5. The molecule has 6 aromatic rings. The fourth-order valence-electron chi connectivity index (χ4n) is 4.05. The molecule has 3 heterocycles. The Hall–Kier alpha value is -4.38. The zero-order valence-electron chi connectivity index (χ0n) is 16.4. The first-order chi connectivity index (χ1) is 15.3. The van der Waals surface area contributed by atoms with Gasteiger partial charge in [0.25, 0.3) is 0 Å². The quantitative estimate of drug-likeness (QED) is 0.357. The smallest absolute Gasteiger partial charge is 0.238 e. The Bertz CT molecular complexity index is 1570. The first-order valence-corrected chi connectivity index (χ1v) is 9.99. The predicted molar refractivity (Wildman–Crippen MR) is 122 cm³/mol. The summed E-state index contributed by atoms with van der Waals surface area (Å²) < 4.78 is 8.09. The summed E-state index contributed by atoms with van der Waals surface area (Å²) in [6.07, 6.45) is 3.63. The summed E-state index contributed by atoms with van der Waals surface area (Å²) in [4.78, 5) is 9.12. The first-order valence-electron chi connectivity index (χ1n) is 9.99. The van der Waals surface area contributed by atoms with Gasteiger partial charge in [-0.1, -0.05) is 48.5 Å². The van der Waals surface area contributed by atoms with Gasteiger partial charge in [0.2, 0.25) is 5.88 Å². The molecule has 0 aliphatic rings. The largest absolute Gasteiger partial charge is 0.507 e. The average Bonchev–Trinajstić information content (AvgIpc) is 3.23. The average molecular weight is 403 g/mol. The standard InChI is InChI=1S/C26H17N3O2/c30-23-13-6-10-20-19-9-1-2-12-22(19)29-16-24(28-26(29)25(20)23)31-18-8-5-7-17(15-18)21-11-3-4-14-27-21/h1-16,30H. The van der Waals surface area contributed by atoms with Gasteiger partial charge < -0.3 is 9.84 Å². The number of aromatic nitrogens is 3. The second-order valence-electron chi connectivity index (χ2n) is 7.33. The lowest BCUT2D eigenvalue weighted by Gasteiger charge is -2.08. The molecule has 31 heavy (non-hydrogen) atoms. The van der Waals surface area contributed by atoms with E-state index in [1.54, 1.807) is 12.3 Å². The SMILES string of the molecule is Oc1cccc2c3ccccc3n3cc(Oc4cccc(-c5ccccn5)c4)nc3c12. The third-order valence-corrected chi connectivity index (χ3v) is 5.42. The van der Waals surface area contributed by atoms with Crippen molar-refractivity contribution >= 4 is 27.3 Å². The van der Waals surface area contributed by atoms with Crippen molar-refractivity contribution in [3.05, 3.63) is 97.3 Å². The molecule has 0 bridgehead atoms. The van der Waals surface area contributed by atoms with Gasteiger partial charge in [-0.2, -0.15) is 4.98 Å². The van der Waals surface area contributed by atoms with Crippen LogP contribution < -0.4 is 4.74 Å². The van der Waals surface area contributed by atoms with E-state index in [4.69, 9.17) is 9.72 Å². The van der Waals surface area contributed by atoms with E-state index in [-0.39, 0.29) is 5.75 Å². The second-order valence-corrected chi connectivity index (χ2v) is 7.33. The Kier molecular flexibility index (Phi) is 3.86. The van der Waals surface area contributed by atoms with Crippen LogP contribution in [0.1, 0.15) is 0 Å². The number of hydrogen-bond donors (Lipinski definition) is 1. The summed E-state index contributed by atoms with van der Waals surface area (Å²) in [5, 5.41) is 13.3. The van der Waals surface area contributed by atoms with E-state index >= 15 is 0 Å². The molecule has 0 fully saturated rings. The molecule has 6 rings (SSSR count). The lowest BCUT2D eigenvalue weighted by molar-refractivity contribution is 0.466. The van der Waals surface area contributed by atoms with Crippen LogP contribution in [0.15, 0.2) is 97.3 Å². The van der Waals surface area contributed by atoms with Gasteiger partial charge in [0.05, 0.1) is 22.8 Å².